The van der Waals surface area contributed by atoms with E-state index in [1.807, 2.05) is 6.07 Å². The van der Waals surface area contributed by atoms with Crippen LogP contribution in [0.15, 0.2) is 127 Å². The minimum Gasteiger partial charge on any atom is -0.184 e. The molecule has 0 aliphatic carbocycles. The zero-order valence-electron chi connectivity index (χ0n) is 43.8. The third-order valence-electron chi connectivity index (χ3n) is 13.2. The Morgan fingerprint density at radius 3 is 1.26 bits per heavy atom. The van der Waals surface area contributed by atoms with Crippen LogP contribution in [0.25, 0.3) is 54.9 Å². The van der Waals surface area contributed by atoms with Gasteiger partial charge in [-0.25, -0.2) is 0 Å². The van der Waals surface area contributed by atoms with Gasteiger partial charge in [-0.2, -0.15) is 41.6 Å². The van der Waals surface area contributed by atoms with Gasteiger partial charge in [0.2, 0.25) is 0 Å². The molecule has 0 amide bonds. The molecule has 0 fully saturated rings. The molecule has 354 valence electrons. The predicted octanol–water partition coefficient (Wildman–Crippen LogP) is 14.9. The fraction of sp³-hybridized carbons (Fsp3) is 0.300. The van der Waals surface area contributed by atoms with E-state index in [1.165, 1.54) is 87.6 Å². The molecule has 1 aliphatic heterocycles. The van der Waals surface area contributed by atoms with Gasteiger partial charge in [-0.1, -0.05) is 221 Å². The number of fused-ring (bicyclic) bond motifs is 5. The van der Waals surface area contributed by atoms with Crippen molar-refractivity contribution in [2.75, 3.05) is 0 Å². The minimum atomic E-state index is -1.38. The third kappa shape index (κ3) is 12.9. The second kappa shape index (κ2) is 22.2. The summed E-state index contributed by atoms with van der Waals surface area (Å²) in [6, 6.07) is 51.9. The van der Waals surface area contributed by atoms with Crippen LogP contribution in [0.5, 0.6) is 0 Å². The quantitative estimate of drug-likeness (QED) is 0.105. The van der Waals surface area contributed by atoms with Crippen LogP contribution in [0, 0.1) is 19.9 Å². The number of hydrogen-bond donors (Lipinski definition) is 0. The van der Waals surface area contributed by atoms with E-state index >= 15 is 0 Å². The van der Waals surface area contributed by atoms with Gasteiger partial charge in [0.15, 0.2) is 0 Å². The maximum Gasteiger partial charge on any atom is 0.0920 e. The third-order valence-corrected chi connectivity index (χ3v) is 22.7. The maximum absolute atomic E-state index is 4.93. The van der Waals surface area contributed by atoms with E-state index in [0.717, 1.165) is 22.4 Å². The van der Waals surface area contributed by atoms with Crippen molar-refractivity contribution in [2.24, 2.45) is 0 Å². The monoisotopic (exact) mass is 1090 g/mol. The Labute approximate surface area is 436 Å². The molecule has 0 bridgehead atoms. The van der Waals surface area contributed by atoms with Crippen molar-refractivity contribution >= 4 is 112 Å². The molecular formula is C60H73Cl2Si5Zr-3. The molecule has 0 saturated heterocycles. The fourth-order valence-electron chi connectivity index (χ4n) is 9.23. The Bertz CT molecular complexity index is 2750. The molecule has 0 nitrogen and oxygen atoms in total. The first kappa shape index (κ1) is 54.4. The van der Waals surface area contributed by atoms with Crippen molar-refractivity contribution in [3.8, 4) is 33.4 Å². The van der Waals surface area contributed by atoms with E-state index < -0.39 is 53.1 Å². The second-order valence-corrected chi connectivity index (χ2v) is 48.1. The topological polar surface area (TPSA) is 0 Å². The molecule has 0 saturated carbocycles. The first-order valence-corrected chi connectivity index (χ1v) is 45.7. The van der Waals surface area contributed by atoms with Gasteiger partial charge < -0.3 is 0 Å². The SMILES string of the molecule is CCc1ccc2[cH-]c(C)cc2c1-c1cc([Si](C)(C)C)cc([Si](C)(C)C)c1.CCc1ccc2[cH-]c(C)cc2c1-c1cc([Si](C)(C)C)cc([Si](C)(C)C)c1.[Cl][Zr][Cl].[c-]1cccc2c1[Si]c1ccccc1-2. The van der Waals surface area contributed by atoms with Crippen molar-refractivity contribution in [2.45, 2.75) is 119 Å². The van der Waals surface area contributed by atoms with Gasteiger partial charge in [-0.3, -0.25) is 0 Å². The fourth-order valence-corrected chi connectivity index (χ4v) is 15.5. The number of benzene rings is 6. The summed E-state index contributed by atoms with van der Waals surface area (Å²) in [5, 5.41) is 14.8. The molecule has 1 heterocycles. The van der Waals surface area contributed by atoms with E-state index in [2.05, 4.69) is 234 Å². The Morgan fingerprint density at radius 1 is 0.500 bits per heavy atom. The molecule has 0 unspecified atom stereocenters. The summed E-state index contributed by atoms with van der Waals surface area (Å²) in [5.41, 5.74) is 14.3. The average Bonchev–Trinajstić information content (AvgIpc) is 3.97. The second-order valence-electron chi connectivity index (χ2n) is 22.8. The van der Waals surface area contributed by atoms with Crippen LogP contribution >= 0.6 is 17.0 Å². The summed E-state index contributed by atoms with van der Waals surface area (Å²) in [5.74, 6) is 0. The first-order chi connectivity index (χ1) is 31.9. The Hall–Kier alpha value is -2.91. The van der Waals surface area contributed by atoms with Crippen molar-refractivity contribution in [1.29, 1.82) is 0 Å². The normalized spacial score (nSPS) is 12.3. The molecule has 0 aromatic heterocycles. The number of rotatable bonds is 8. The van der Waals surface area contributed by atoms with E-state index in [9.17, 15) is 0 Å². The number of hydrogen-bond acceptors (Lipinski definition) is 0. The van der Waals surface area contributed by atoms with Gasteiger partial charge in [0.05, 0.1) is 41.8 Å². The van der Waals surface area contributed by atoms with Crippen molar-refractivity contribution < 1.29 is 20.8 Å². The molecule has 1 aliphatic rings. The first-order valence-electron chi connectivity index (χ1n) is 24.4. The van der Waals surface area contributed by atoms with Gasteiger partial charge in [0.1, 0.15) is 0 Å². The molecule has 2 radical (unpaired) electrons. The summed E-state index contributed by atoms with van der Waals surface area (Å²) >= 11 is -0.826. The van der Waals surface area contributed by atoms with Crippen LogP contribution in [0.2, 0.25) is 78.6 Å². The van der Waals surface area contributed by atoms with Gasteiger partial charge in [-0.15, -0.1) is 74.6 Å². The largest absolute Gasteiger partial charge is 0.184 e. The zero-order chi connectivity index (χ0) is 49.9. The summed E-state index contributed by atoms with van der Waals surface area (Å²) in [4.78, 5) is 0. The van der Waals surface area contributed by atoms with Gasteiger partial charge >= 0.3 is 37.9 Å². The van der Waals surface area contributed by atoms with Crippen LogP contribution in [0.4, 0.5) is 0 Å². The van der Waals surface area contributed by atoms with Crippen molar-refractivity contribution in [1.82, 2.24) is 0 Å². The number of aryl methyl sites for hydroxylation is 4. The van der Waals surface area contributed by atoms with Crippen LogP contribution in [0.1, 0.15) is 36.1 Å². The van der Waals surface area contributed by atoms with Crippen LogP contribution in [0.3, 0.4) is 0 Å². The summed E-state index contributed by atoms with van der Waals surface area (Å²) in [6.07, 6.45) is 2.16. The zero-order valence-corrected chi connectivity index (χ0v) is 52.8. The van der Waals surface area contributed by atoms with E-state index in [-0.39, 0.29) is 0 Å². The van der Waals surface area contributed by atoms with Crippen LogP contribution in [-0.4, -0.2) is 41.8 Å². The molecule has 8 aromatic rings. The number of halogens is 2. The van der Waals surface area contributed by atoms with Gasteiger partial charge in [0.25, 0.3) is 0 Å². The molecule has 8 heteroatoms. The van der Waals surface area contributed by atoms with Gasteiger partial charge in [0, 0.05) is 0 Å². The molecule has 0 spiro atoms. The molecule has 9 rings (SSSR count). The van der Waals surface area contributed by atoms with Crippen LogP contribution in [-0.2, 0) is 33.7 Å². The standard InChI is InChI=1S/2C24H33Si2.C12H7Si.2ClH.Zr/c2*1-9-18-10-11-19-12-17(2)13-23(19)24(18)20-14-21(25(3,4)5)16-22(15-20)26(6,7)8;1-3-7-11-9(5-1)10-6-2-4-8-12(10)13-11;;;/h2*10-16H,9H2,1-8H3;1-7H;2*1H;/q3*-1;;;+2/p-2. The molecule has 0 atom stereocenters. The average molecular weight is 1100 g/mol. The van der Waals surface area contributed by atoms with E-state index in [4.69, 9.17) is 17.0 Å². The van der Waals surface area contributed by atoms with Gasteiger partial charge in [-0.05, 0) is 24.0 Å². The minimum absolute atomic E-state index is 0.795. The smallest absolute Gasteiger partial charge is 0.0920 e. The summed E-state index contributed by atoms with van der Waals surface area (Å²) in [7, 11) is 5.16. The maximum atomic E-state index is 4.93. The van der Waals surface area contributed by atoms with E-state index in [0.29, 0.717) is 0 Å². The molecule has 8 aromatic carbocycles. The summed E-state index contributed by atoms with van der Waals surface area (Å²) < 4.78 is 0. The molecular weight excluding hydrogens is 1020 g/mol. The Balaban J connectivity index is 0.000000171. The Morgan fingerprint density at radius 2 is 0.882 bits per heavy atom. The van der Waals surface area contributed by atoms with E-state index in [1.54, 1.807) is 20.7 Å². The molecule has 68 heavy (non-hydrogen) atoms. The Kier molecular flexibility index (Phi) is 17.8. The van der Waals surface area contributed by atoms with Crippen molar-refractivity contribution in [3.05, 3.63) is 156 Å². The van der Waals surface area contributed by atoms with Crippen LogP contribution < -0.4 is 31.1 Å². The van der Waals surface area contributed by atoms with Crippen molar-refractivity contribution in [3.63, 3.8) is 0 Å². The predicted molar refractivity (Wildman–Crippen MR) is 318 cm³/mol. The summed E-state index contributed by atoms with van der Waals surface area (Å²) in [6.45, 7) is 38.6. The molecule has 0 N–H and O–H groups in total.